The molecule has 0 radical (unpaired) electrons. The summed E-state index contributed by atoms with van der Waals surface area (Å²) in [5.41, 5.74) is 5.24. The number of unbranched alkanes of at least 4 members (excludes halogenated alkanes) is 1. The molecule has 3 N–H and O–H groups in total. The summed E-state index contributed by atoms with van der Waals surface area (Å²) in [5, 5.41) is 0. The third-order valence-corrected chi connectivity index (χ3v) is 4.27. The fourth-order valence-electron chi connectivity index (χ4n) is 0.830. The summed E-state index contributed by atoms with van der Waals surface area (Å²) in [6.45, 7) is 0.828. The van der Waals surface area contributed by atoms with Crippen molar-refractivity contribution in [3.8, 4) is 0 Å². The van der Waals surface area contributed by atoms with E-state index in [2.05, 4.69) is 4.72 Å². The molecule has 0 bridgehead atoms. The maximum Gasteiger partial charge on any atom is 0.212 e. The molecule has 0 aliphatic rings. The summed E-state index contributed by atoms with van der Waals surface area (Å²) in [6, 6.07) is 0. The van der Waals surface area contributed by atoms with Crippen LogP contribution in [-0.2, 0) is 19.9 Å². The molecule has 0 heterocycles. The maximum absolute atomic E-state index is 11.2. The first-order chi connectivity index (χ1) is 6.77. The van der Waals surface area contributed by atoms with Gasteiger partial charge in [-0.25, -0.2) is 21.6 Å². The molecule has 6 nitrogen and oxygen atoms in total. The van der Waals surface area contributed by atoms with Crippen LogP contribution in [0.15, 0.2) is 0 Å². The summed E-state index contributed by atoms with van der Waals surface area (Å²) < 4.78 is 46.3. The van der Waals surface area contributed by atoms with Gasteiger partial charge in [-0.15, -0.1) is 0 Å². The molecule has 0 saturated carbocycles. The molecule has 15 heavy (non-hydrogen) atoms. The Labute approximate surface area is 91.2 Å². The van der Waals surface area contributed by atoms with E-state index in [0.717, 1.165) is 12.7 Å². The second-order valence-corrected chi connectivity index (χ2v) is 7.53. The zero-order valence-electron chi connectivity index (χ0n) is 8.77. The van der Waals surface area contributed by atoms with Gasteiger partial charge in [0, 0.05) is 12.8 Å². The quantitative estimate of drug-likeness (QED) is 0.526. The second kappa shape index (κ2) is 6.41. The van der Waals surface area contributed by atoms with Crippen LogP contribution in [0.3, 0.4) is 0 Å². The van der Waals surface area contributed by atoms with Gasteiger partial charge in [0.1, 0.15) is 9.84 Å². The van der Waals surface area contributed by atoms with Crippen LogP contribution in [0.25, 0.3) is 0 Å². The average molecular weight is 258 g/mol. The molecule has 0 spiro atoms. The Kier molecular flexibility index (Phi) is 6.34. The van der Waals surface area contributed by atoms with Crippen molar-refractivity contribution in [1.82, 2.24) is 4.72 Å². The van der Waals surface area contributed by atoms with Crippen LogP contribution in [0, 0.1) is 0 Å². The van der Waals surface area contributed by atoms with Gasteiger partial charge in [-0.3, -0.25) is 0 Å². The molecule has 0 unspecified atom stereocenters. The third-order valence-electron chi connectivity index (χ3n) is 1.68. The smallest absolute Gasteiger partial charge is 0.212 e. The monoisotopic (exact) mass is 258 g/mol. The molecule has 0 aromatic rings. The summed E-state index contributed by atoms with van der Waals surface area (Å²) >= 11 is 0. The van der Waals surface area contributed by atoms with E-state index in [9.17, 15) is 16.8 Å². The van der Waals surface area contributed by atoms with Crippen LogP contribution in [-0.4, -0.2) is 47.7 Å². The molecule has 0 aliphatic carbocycles. The maximum atomic E-state index is 11.2. The lowest BCUT2D eigenvalue weighted by Crippen LogP contribution is -2.30. The van der Waals surface area contributed by atoms with E-state index in [1.807, 2.05) is 0 Å². The fraction of sp³-hybridized carbons (Fsp3) is 1.00. The Morgan fingerprint density at radius 1 is 1.07 bits per heavy atom. The summed E-state index contributed by atoms with van der Waals surface area (Å²) in [7, 11) is -6.70. The van der Waals surface area contributed by atoms with E-state index in [4.69, 9.17) is 5.73 Å². The van der Waals surface area contributed by atoms with Gasteiger partial charge in [0.25, 0.3) is 0 Å². The Bertz CT molecular complexity index is 360. The number of nitrogens with one attached hydrogen (secondary N) is 1. The van der Waals surface area contributed by atoms with Gasteiger partial charge in [0.05, 0.1) is 11.5 Å². The lowest BCUT2D eigenvalue weighted by atomic mass is 10.3. The van der Waals surface area contributed by atoms with E-state index in [1.54, 1.807) is 0 Å². The van der Waals surface area contributed by atoms with Gasteiger partial charge in [-0.05, 0) is 19.4 Å². The molecular weight excluding hydrogens is 240 g/mol. The molecule has 0 aromatic carbocycles. The predicted octanol–water partition coefficient (Wildman–Crippen LogP) is -1.31. The van der Waals surface area contributed by atoms with Crippen LogP contribution < -0.4 is 10.5 Å². The molecule has 8 heteroatoms. The lowest BCUT2D eigenvalue weighted by molar-refractivity contribution is 0.575. The molecule has 0 fully saturated rings. The molecule has 0 rings (SSSR count). The highest BCUT2D eigenvalue weighted by Crippen LogP contribution is 1.91. The summed E-state index contributed by atoms with van der Waals surface area (Å²) in [6.07, 6.45) is 2.42. The first-order valence-corrected chi connectivity index (χ1v) is 8.33. The van der Waals surface area contributed by atoms with Crippen molar-refractivity contribution >= 4 is 19.9 Å². The first kappa shape index (κ1) is 14.8. The third kappa shape index (κ3) is 10.1. The highest BCUT2D eigenvalue weighted by molar-refractivity contribution is 7.93. The Morgan fingerprint density at radius 2 is 1.67 bits per heavy atom. The molecule has 0 aromatic heterocycles. The molecule has 0 atom stereocenters. The minimum absolute atomic E-state index is 0.309. The number of sulfonamides is 1. The van der Waals surface area contributed by atoms with Crippen molar-refractivity contribution in [2.75, 3.05) is 30.9 Å². The van der Waals surface area contributed by atoms with Crippen LogP contribution in [0.1, 0.15) is 12.8 Å². The van der Waals surface area contributed by atoms with Gasteiger partial charge >= 0.3 is 0 Å². The number of rotatable bonds is 8. The molecule has 0 aliphatic heterocycles. The van der Waals surface area contributed by atoms with Gasteiger partial charge in [0.2, 0.25) is 10.0 Å². The van der Waals surface area contributed by atoms with Gasteiger partial charge < -0.3 is 5.73 Å². The highest BCUT2D eigenvalue weighted by Gasteiger charge is 2.13. The average Bonchev–Trinajstić information content (AvgIpc) is 2.09. The van der Waals surface area contributed by atoms with E-state index in [1.165, 1.54) is 0 Å². The Morgan fingerprint density at radius 3 is 2.13 bits per heavy atom. The van der Waals surface area contributed by atoms with Crippen molar-refractivity contribution in [3.63, 3.8) is 0 Å². The molecule has 0 amide bonds. The first-order valence-electron chi connectivity index (χ1n) is 4.62. The predicted molar refractivity (Wildman–Crippen MR) is 59.8 cm³/mol. The topological polar surface area (TPSA) is 106 Å². The van der Waals surface area contributed by atoms with Gasteiger partial charge in [0.15, 0.2) is 0 Å². The zero-order valence-corrected chi connectivity index (χ0v) is 10.4. The van der Waals surface area contributed by atoms with Gasteiger partial charge in [-0.2, -0.15) is 0 Å². The summed E-state index contributed by atoms with van der Waals surface area (Å²) in [4.78, 5) is 0. The van der Waals surface area contributed by atoms with Crippen LogP contribution in [0.5, 0.6) is 0 Å². The van der Waals surface area contributed by atoms with Crippen molar-refractivity contribution in [1.29, 1.82) is 0 Å². The molecular formula is C7H18N2O4S2. The van der Waals surface area contributed by atoms with E-state index >= 15 is 0 Å². The second-order valence-electron chi connectivity index (χ2n) is 3.34. The van der Waals surface area contributed by atoms with E-state index in [-0.39, 0.29) is 11.5 Å². The SMILES string of the molecule is CS(=O)(=O)CCS(=O)(=O)NCCCCN. The minimum Gasteiger partial charge on any atom is -0.330 e. The van der Waals surface area contributed by atoms with Crippen molar-refractivity contribution in [2.24, 2.45) is 5.73 Å². The van der Waals surface area contributed by atoms with Crippen LogP contribution in [0.4, 0.5) is 0 Å². The lowest BCUT2D eigenvalue weighted by Gasteiger charge is -2.05. The number of hydrogen-bond donors (Lipinski definition) is 2. The molecule has 0 saturated heterocycles. The number of sulfone groups is 1. The van der Waals surface area contributed by atoms with E-state index in [0.29, 0.717) is 19.5 Å². The van der Waals surface area contributed by atoms with Crippen molar-refractivity contribution < 1.29 is 16.8 Å². The van der Waals surface area contributed by atoms with Crippen LogP contribution in [0.2, 0.25) is 0 Å². The number of hydrogen-bond acceptors (Lipinski definition) is 5. The van der Waals surface area contributed by atoms with Gasteiger partial charge in [-0.1, -0.05) is 0 Å². The normalized spacial score (nSPS) is 12.9. The summed E-state index contributed by atoms with van der Waals surface area (Å²) in [5.74, 6) is -0.728. The minimum atomic E-state index is -3.47. The Balaban J connectivity index is 3.88. The zero-order chi connectivity index (χ0) is 11.9. The van der Waals surface area contributed by atoms with E-state index < -0.39 is 19.9 Å². The largest absolute Gasteiger partial charge is 0.330 e. The molecule has 92 valence electrons. The highest BCUT2D eigenvalue weighted by atomic mass is 32.2. The van der Waals surface area contributed by atoms with Crippen LogP contribution >= 0.6 is 0 Å². The van der Waals surface area contributed by atoms with Crippen molar-refractivity contribution in [2.45, 2.75) is 12.8 Å². The Hall–Kier alpha value is -0.180. The fourth-order valence-corrected chi connectivity index (χ4v) is 3.52. The number of nitrogens with two attached hydrogens (primary N) is 1. The standard InChI is InChI=1S/C7H18N2O4S2/c1-14(10,11)6-7-15(12,13)9-5-3-2-4-8/h9H,2-8H2,1H3. The van der Waals surface area contributed by atoms with Crippen molar-refractivity contribution in [3.05, 3.63) is 0 Å².